The van der Waals surface area contributed by atoms with Crippen LogP contribution in [0.15, 0.2) is 34.9 Å². The summed E-state index contributed by atoms with van der Waals surface area (Å²) in [7, 11) is 0. The van der Waals surface area contributed by atoms with Gasteiger partial charge in [0.15, 0.2) is 17.2 Å². The first-order chi connectivity index (χ1) is 13.6. The van der Waals surface area contributed by atoms with Gasteiger partial charge in [0.2, 0.25) is 0 Å². The molecule has 1 aromatic carbocycles. The summed E-state index contributed by atoms with van der Waals surface area (Å²) in [5, 5.41) is 3.94. The molecular formula is C21H25N3O4. The first kappa shape index (κ1) is 18.7. The Morgan fingerprint density at radius 3 is 2.79 bits per heavy atom. The topological polar surface area (TPSA) is 75.9 Å². The van der Waals surface area contributed by atoms with E-state index in [2.05, 4.69) is 10.1 Å². The molecule has 2 aliphatic rings. The number of fused-ring (bicyclic) bond motifs is 1. The lowest BCUT2D eigenvalue weighted by Gasteiger charge is -2.43. The lowest BCUT2D eigenvalue weighted by Crippen LogP contribution is -2.56. The van der Waals surface area contributed by atoms with E-state index >= 15 is 0 Å². The normalized spacial score (nSPS) is 19.9. The molecule has 148 valence electrons. The summed E-state index contributed by atoms with van der Waals surface area (Å²) >= 11 is 0. The Labute approximate surface area is 164 Å². The van der Waals surface area contributed by atoms with Crippen LogP contribution in [0.25, 0.3) is 0 Å². The van der Waals surface area contributed by atoms with Gasteiger partial charge >= 0.3 is 0 Å². The fourth-order valence-electron chi connectivity index (χ4n) is 3.92. The zero-order valence-electron chi connectivity index (χ0n) is 16.1. The molecule has 4 rings (SSSR count). The predicted octanol–water partition coefficient (Wildman–Crippen LogP) is 2.77. The lowest BCUT2D eigenvalue weighted by atomic mass is 9.99. The van der Waals surface area contributed by atoms with Crippen LogP contribution < -0.4 is 4.74 Å². The van der Waals surface area contributed by atoms with Crippen LogP contribution in [0.1, 0.15) is 52.8 Å². The number of Topliss-reactive ketones (excluding diaryl/α,β-unsaturated/α-hetero) is 1. The number of hydrogen-bond donors (Lipinski definition) is 0. The minimum absolute atomic E-state index is 0.0130. The smallest absolute Gasteiger partial charge is 0.276 e. The van der Waals surface area contributed by atoms with E-state index in [0.717, 1.165) is 32.6 Å². The third kappa shape index (κ3) is 4.09. The molecule has 3 heterocycles. The number of amides is 1. The summed E-state index contributed by atoms with van der Waals surface area (Å²) < 4.78 is 10.9. The van der Waals surface area contributed by atoms with Gasteiger partial charge in [0.25, 0.3) is 5.91 Å². The van der Waals surface area contributed by atoms with Crippen molar-refractivity contribution in [2.75, 3.05) is 26.2 Å². The summed E-state index contributed by atoms with van der Waals surface area (Å²) in [5.41, 5.74) is 0.966. The zero-order chi connectivity index (χ0) is 19.5. The Morgan fingerprint density at radius 2 is 2.00 bits per heavy atom. The molecule has 2 aliphatic heterocycles. The Hall–Kier alpha value is -2.67. The number of aromatic nitrogens is 1. The second-order valence-corrected chi connectivity index (χ2v) is 7.48. The molecule has 1 amide bonds. The highest BCUT2D eigenvalue weighted by atomic mass is 16.5. The van der Waals surface area contributed by atoms with Crippen molar-refractivity contribution in [3.63, 3.8) is 0 Å². The predicted molar refractivity (Wildman–Crippen MR) is 102 cm³/mol. The van der Waals surface area contributed by atoms with Crippen molar-refractivity contribution in [2.45, 2.75) is 38.8 Å². The van der Waals surface area contributed by atoms with Crippen LogP contribution in [0.4, 0.5) is 0 Å². The second kappa shape index (κ2) is 8.14. The maximum atomic E-state index is 12.8. The number of rotatable bonds is 5. The molecule has 0 unspecified atom stereocenters. The molecule has 0 N–H and O–H groups in total. The van der Waals surface area contributed by atoms with Gasteiger partial charge in [-0.05, 0) is 50.6 Å². The molecule has 2 saturated heterocycles. The van der Waals surface area contributed by atoms with E-state index < -0.39 is 0 Å². The molecule has 0 radical (unpaired) electrons. The fourth-order valence-corrected chi connectivity index (χ4v) is 3.92. The fraction of sp³-hybridized carbons (Fsp3) is 0.476. The van der Waals surface area contributed by atoms with Crippen molar-refractivity contribution in [2.24, 2.45) is 0 Å². The van der Waals surface area contributed by atoms with E-state index in [0.29, 0.717) is 28.8 Å². The van der Waals surface area contributed by atoms with Gasteiger partial charge in [0.05, 0.1) is 0 Å². The van der Waals surface area contributed by atoms with Crippen molar-refractivity contribution >= 4 is 11.7 Å². The monoisotopic (exact) mass is 383 g/mol. The second-order valence-electron chi connectivity index (χ2n) is 7.48. The molecule has 1 aromatic heterocycles. The van der Waals surface area contributed by atoms with Gasteiger partial charge < -0.3 is 14.2 Å². The summed E-state index contributed by atoms with van der Waals surface area (Å²) in [6.45, 7) is 5.27. The molecule has 7 heteroatoms. The SMILES string of the molecule is CC(=O)c1ccc(OCc2cc(C(=O)N3CCN4CCCC[C@H]4C3)no2)cc1. The van der Waals surface area contributed by atoms with Gasteiger partial charge in [-0.1, -0.05) is 11.6 Å². The van der Waals surface area contributed by atoms with Gasteiger partial charge in [0.1, 0.15) is 12.4 Å². The number of benzene rings is 1. The van der Waals surface area contributed by atoms with E-state index in [1.165, 1.54) is 19.8 Å². The quantitative estimate of drug-likeness (QED) is 0.739. The molecule has 0 spiro atoms. The molecule has 0 bridgehead atoms. The van der Waals surface area contributed by atoms with Gasteiger partial charge in [-0.15, -0.1) is 0 Å². The number of carbonyl (C=O) groups excluding carboxylic acids is 2. The largest absolute Gasteiger partial charge is 0.486 e. The van der Waals surface area contributed by atoms with Crippen LogP contribution in [0.5, 0.6) is 5.75 Å². The summed E-state index contributed by atoms with van der Waals surface area (Å²) in [6, 6.07) is 9.04. The number of nitrogens with zero attached hydrogens (tertiary/aromatic N) is 3. The van der Waals surface area contributed by atoms with Crippen LogP contribution >= 0.6 is 0 Å². The van der Waals surface area contributed by atoms with E-state index in [-0.39, 0.29) is 18.3 Å². The maximum Gasteiger partial charge on any atom is 0.276 e. The number of carbonyl (C=O) groups is 2. The van der Waals surface area contributed by atoms with Crippen molar-refractivity contribution in [3.05, 3.63) is 47.3 Å². The Kier molecular flexibility index (Phi) is 5.43. The summed E-state index contributed by atoms with van der Waals surface area (Å²) in [4.78, 5) is 28.5. The Balaban J connectivity index is 1.33. The average Bonchev–Trinajstić information content (AvgIpc) is 3.20. The minimum atomic E-state index is -0.0777. The maximum absolute atomic E-state index is 12.8. The number of hydrogen-bond acceptors (Lipinski definition) is 6. The van der Waals surface area contributed by atoms with E-state index in [1.54, 1.807) is 30.3 Å². The molecule has 2 fully saturated rings. The first-order valence-corrected chi connectivity index (χ1v) is 9.83. The summed E-state index contributed by atoms with van der Waals surface area (Å²) in [6.07, 6.45) is 3.65. The van der Waals surface area contributed by atoms with E-state index in [1.807, 2.05) is 4.90 Å². The van der Waals surface area contributed by atoms with Crippen molar-refractivity contribution in [1.82, 2.24) is 15.0 Å². The number of ketones is 1. The van der Waals surface area contributed by atoms with Crippen molar-refractivity contribution < 1.29 is 18.8 Å². The Morgan fingerprint density at radius 1 is 1.18 bits per heavy atom. The highest BCUT2D eigenvalue weighted by molar-refractivity contribution is 5.94. The van der Waals surface area contributed by atoms with Crippen LogP contribution in [0.3, 0.4) is 0 Å². The summed E-state index contributed by atoms with van der Waals surface area (Å²) in [5.74, 6) is 1.06. The Bertz CT molecular complexity index is 846. The highest BCUT2D eigenvalue weighted by Crippen LogP contribution is 2.22. The first-order valence-electron chi connectivity index (χ1n) is 9.83. The molecule has 7 nitrogen and oxygen atoms in total. The highest BCUT2D eigenvalue weighted by Gasteiger charge is 2.32. The van der Waals surface area contributed by atoms with Gasteiger partial charge in [-0.2, -0.15) is 0 Å². The minimum Gasteiger partial charge on any atom is -0.486 e. The van der Waals surface area contributed by atoms with E-state index in [9.17, 15) is 9.59 Å². The number of piperazine rings is 1. The number of ether oxygens (including phenoxy) is 1. The number of piperidine rings is 1. The van der Waals surface area contributed by atoms with E-state index in [4.69, 9.17) is 9.26 Å². The molecule has 2 aromatic rings. The third-order valence-electron chi connectivity index (χ3n) is 5.54. The molecule has 1 atom stereocenters. The third-order valence-corrected chi connectivity index (χ3v) is 5.54. The van der Waals surface area contributed by atoms with Gasteiger partial charge in [0, 0.05) is 37.3 Å². The average molecular weight is 383 g/mol. The van der Waals surface area contributed by atoms with Crippen LogP contribution in [-0.4, -0.2) is 58.9 Å². The van der Waals surface area contributed by atoms with Gasteiger partial charge in [-0.25, -0.2) is 0 Å². The van der Waals surface area contributed by atoms with Crippen molar-refractivity contribution in [1.29, 1.82) is 0 Å². The molecule has 0 aliphatic carbocycles. The molecular weight excluding hydrogens is 358 g/mol. The van der Waals surface area contributed by atoms with Crippen LogP contribution in [0.2, 0.25) is 0 Å². The van der Waals surface area contributed by atoms with Crippen molar-refractivity contribution in [3.8, 4) is 5.75 Å². The van der Waals surface area contributed by atoms with Crippen LogP contribution in [-0.2, 0) is 6.61 Å². The molecule has 0 saturated carbocycles. The van der Waals surface area contributed by atoms with Gasteiger partial charge in [-0.3, -0.25) is 14.5 Å². The lowest BCUT2D eigenvalue weighted by molar-refractivity contribution is 0.0365. The molecule has 28 heavy (non-hydrogen) atoms. The van der Waals surface area contributed by atoms with Crippen LogP contribution in [0, 0.1) is 0 Å². The standard InChI is InChI=1S/C21H25N3O4/c1-15(25)16-5-7-18(8-6-16)27-14-19-12-20(22-28-19)21(26)24-11-10-23-9-3-2-4-17(23)13-24/h5-8,12,17H,2-4,9-11,13-14H2,1H3/t17-/m0/s1. The zero-order valence-corrected chi connectivity index (χ0v) is 16.1.